The van der Waals surface area contributed by atoms with E-state index in [1.165, 1.54) is 17.3 Å². The Morgan fingerprint density at radius 3 is 2.57 bits per heavy atom. The Balaban J connectivity index is 1.16. The number of Topliss-reactive ketones (excluding diaryl/α,β-unsaturated/α-hetero) is 1. The van der Waals surface area contributed by atoms with Crippen LogP contribution in [0.25, 0.3) is 28.0 Å². The van der Waals surface area contributed by atoms with E-state index in [4.69, 9.17) is 0 Å². The molecule has 44 heavy (non-hydrogen) atoms. The number of rotatable bonds is 10. The molecule has 0 bridgehead atoms. The molecule has 1 aliphatic heterocycles. The second-order valence-electron chi connectivity index (χ2n) is 11.1. The molecule has 0 spiro atoms. The van der Waals surface area contributed by atoms with Gasteiger partial charge in [0.25, 0.3) is 11.7 Å². The maximum Gasteiger partial charge on any atom is 0.295 e. The number of aromatic hydroxyl groups is 1. The highest BCUT2D eigenvalue weighted by molar-refractivity contribution is 6.45. The number of hydrogen-bond donors (Lipinski definition) is 3. The zero-order valence-electron chi connectivity index (χ0n) is 24.8. The predicted octanol–water partition coefficient (Wildman–Crippen LogP) is 1.16. The number of H-pyrrole nitrogens is 2. The molecule has 3 N–H and O–H groups in total. The molecule has 0 atom stereocenters. The number of nitrogens with one attached hydrogen (secondary N) is 2. The Kier molecular flexibility index (Phi) is 8.04. The molecular formula is C29H34N12O3. The molecule has 15 nitrogen and oxygen atoms in total. The summed E-state index contributed by atoms with van der Waals surface area (Å²) >= 11 is 0. The Labute approximate surface area is 253 Å². The van der Waals surface area contributed by atoms with Crippen LogP contribution in [0.4, 0.5) is 5.95 Å². The van der Waals surface area contributed by atoms with Crippen molar-refractivity contribution < 1.29 is 14.7 Å². The molecule has 0 unspecified atom stereocenters. The lowest BCUT2D eigenvalue weighted by Gasteiger charge is -2.34. The molecule has 5 aromatic rings. The summed E-state index contributed by atoms with van der Waals surface area (Å²) < 4.78 is 1.65. The third kappa shape index (κ3) is 5.74. The van der Waals surface area contributed by atoms with Crippen molar-refractivity contribution in [3.8, 4) is 22.8 Å². The smallest absolute Gasteiger partial charge is 0.295 e. The van der Waals surface area contributed by atoms with Crippen molar-refractivity contribution >= 4 is 28.5 Å². The molecule has 1 saturated heterocycles. The molecule has 15 heteroatoms. The molecule has 1 aromatic carbocycles. The molecule has 5 heterocycles. The second-order valence-corrected chi connectivity index (χ2v) is 11.1. The fourth-order valence-electron chi connectivity index (χ4n) is 5.29. The van der Waals surface area contributed by atoms with Gasteiger partial charge in [0, 0.05) is 57.7 Å². The standard InChI is InChI=1S/C29H34N12O3/c1-37(2)9-10-38(3)18-19-15-22(33-32-19)25-26-24(23(42)17-31-25)21(16-30-26)27(43)28(44)39-11-13-40(14-12-39)29-34-35-36-41(29)20-7-5-4-6-8-20/h4-8,15-17,30,42H,9-14,18H2,1-3H3,(H,32,33). The van der Waals surface area contributed by atoms with E-state index in [1.54, 1.807) is 4.68 Å². The van der Waals surface area contributed by atoms with Gasteiger partial charge in [-0.2, -0.15) is 9.78 Å². The van der Waals surface area contributed by atoms with Gasteiger partial charge in [0.15, 0.2) is 0 Å². The van der Waals surface area contributed by atoms with Crippen LogP contribution in [0.15, 0.2) is 48.8 Å². The van der Waals surface area contributed by atoms with Crippen LogP contribution < -0.4 is 4.90 Å². The SMILES string of the molecule is CN(C)CCN(C)Cc1cc(-c2ncc(O)c3c(C(=O)C(=O)N4CCN(c5nnnn5-c5ccccc5)CC4)c[nH]c23)n[nH]1. The minimum atomic E-state index is -0.712. The van der Waals surface area contributed by atoms with E-state index in [2.05, 4.69) is 45.5 Å². The number of pyridine rings is 1. The normalized spacial score (nSPS) is 13.8. The van der Waals surface area contributed by atoms with Crippen molar-refractivity contribution in [2.24, 2.45) is 0 Å². The molecule has 0 aliphatic carbocycles. The number of anilines is 1. The van der Waals surface area contributed by atoms with E-state index in [-0.39, 0.29) is 16.7 Å². The Morgan fingerprint density at radius 2 is 1.82 bits per heavy atom. The molecule has 1 fully saturated rings. The Morgan fingerprint density at radius 1 is 1.05 bits per heavy atom. The first kappa shape index (κ1) is 28.9. The number of aromatic amines is 2. The van der Waals surface area contributed by atoms with Crippen LogP contribution in [0.3, 0.4) is 0 Å². The van der Waals surface area contributed by atoms with Crippen molar-refractivity contribution in [3.63, 3.8) is 0 Å². The van der Waals surface area contributed by atoms with Gasteiger partial charge < -0.3 is 24.8 Å². The van der Waals surface area contributed by atoms with Gasteiger partial charge in [-0.15, -0.1) is 0 Å². The first-order valence-corrected chi connectivity index (χ1v) is 14.3. The topological polar surface area (TPSA) is 168 Å². The predicted molar refractivity (Wildman–Crippen MR) is 163 cm³/mol. The summed E-state index contributed by atoms with van der Waals surface area (Å²) in [4.78, 5) is 42.1. The highest BCUT2D eigenvalue weighted by Gasteiger charge is 2.31. The number of hydrogen-bond acceptors (Lipinski definition) is 11. The number of amides is 1. The highest BCUT2D eigenvalue weighted by Crippen LogP contribution is 2.34. The number of benzene rings is 1. The third-order valence-electron chi connectivity index (χ3n) is 7.67. The first-order valence-electron chi connectivity index (χ1n) is 14.3. The molecule has 1 aliphatic rings. The van der Waals surface area contributed by atoms with Gasteiger partial charge in [0.05, 0.1) is 28.4 Å². The number of nitrogens with zero attached hydrogens (tertiary/aromatic N) is 10. The van der Waals surface area contributed by atoms with Gasteiger partial charge >= 0.3 is 0 Å². The largest absolute Gasteiger partial charge is 0.506 e. The van der Waals surface area contributed by atoms with Gasteiger partial charge in [0.2, 0.25) is 5.95 Å². The maximum absolute atomic E-state index is 13.5. The van der Waals surface area contributed by atoms with Crippen molar-refractivity contribution in [2.45, 2.75) is 6.54 Å². The zero-order valence-corrected chi connectivity index (χ0v) is 24.8. The van der Waals surface area contributed by atoms with Gasteiger partial charge in [-0.3, -0.25) is 19.6 Å². The quantitative estimate of drug-likeness (QED) is 0.156. The van der Waals surface area contributed by atoms with E-state index in [0.717, 1.165) is 24.5 Å². The van der Waals surface area contributed by atoms with E-state index >= 15 is 0 Å². The summed E-state index contributed by atoms with van der Waals surface area (Å²) in [6, 6.07) is 11.4. The van der Waals surface area contributed by atoms with Gasteiger partial charge in [0.1, 0.15) is 17.1 Å². The molecule has 1 amide bonds. The van der Waals surface area contributed by atoms with E-state index < -0.39 is 11.7 Å². The van der Waals surface area contributed by atoms with E-state index in [1.807, 2.05) is 62.4 Å². The minimum absolute atomic E-state index is 0.0841. The fraction of sp³-hybridized carbons (Fsp3) is 0.345. The van der Waals surface area contributed by atoms with Crippen molar-refractivity contribution in [1.29, 1.82) is 0 Å². The zero-order chi connectivity index (χ0) is 30.8. The highest BCUT2D eigenvalue weighted by atomic mass is 16.3. The van der Waals surface area contributed by atoms with Crippen LogP contribution in [-0.4, -0.2) is 132 Å². The number of para-hydroxylation sites is 1. The third-order valence-corrected chi connectivity index (χ3v) is 7.67. The lowest BCUT2D eigenvalue weighted by atomic mass is 10.1. The summed E-state index contributed by atoms with van der Waals surface area (Å²) in [5.74, 6) is -0.985. The van der Waals surface area contributed by atoms with E-state index in [9.17, 15) is 14.7 Å². The average molecular weight is 599 g/mol. The summed E-state index contributed by atoms with van der Waals surface area (Å²) in [6.45, 7) is 4.01. The molecule has 0 radical (unpaired) electrons. The summed E-state index contributed by atoms with van der Waals surface area (Å²) in [5.41, 5.74) is 3.27. The number of carbonyl (C=O) groups excluding carboxylic acids is 2. The van der Waals surface area contributed by atoms with Gasteiger partial charge in [-0.1, -0.05) is 23.3 Å². The molecule has 0 saturated carbocycles. The fourth-order valence-corrected chi connectivity index (χ4v) is 5.29. The molecule has 228 valence electrons. The lowest BCUT2D eigenvalue weighted by Crippen LogP contribution is -2.51. The molecule has 4 aromatic heterocycles. The number of ketones is 1. The minimum Gasteiger partial charge on any atom is -0.506 e. The molecular weight excluding hydrogens is 564 g/mol. The van der Waals surface area contributed by atoms with Crippen molar-refractivity contribution in [2.75, 3.05) is 65.3 Å². The molecule has 6 rings (SSSR count). The lowest BCUT2D eigenvalue weighted by molar-refractivity contribution is -0.126. The summed E-state index contributed by atoms with van der Waals surface area (Å²) in [7, 11) is 6.11. The van der Waals surface area contributed by atoms with Crippen molar-refractivity contribution in [3.05, 3.63) is 60.0 Å². The number of aromatic nitrogens is 8. The maximum atomic E-state index is 13.5. The van der Waals surface area contributed by atoms with Crippen LogP contribution in [0, 0.1) is 0 Å². The number of fused-ring (bicyclic) bond motifs is 1. The average Bonchev–Trinajstić information content (AvgIpc) is 3.81. The summed E-state index contributed by atoms with van der Waals surface area (Å²) in [5, 5.41) is 30.5. The van der Waals surface area contributed by atoms with E-state index in [0.29, 0.717) is 55.6 Å². The van der Waals surface area contributed by atoms with Crippen LogP contribution >= 0.6 is 0 Å². The van der Waals surface area contributed by atoms with Crippen LogP contribution in [0.1, 0.15) is 16.1 Å². The number of tetrazole rings is 1. The van der Waals surface area contributed by atoms with Crippen molar-refractivity contribution in [1.82, 2.24) is 55.1 Å². The van der Waals surface area contributed by atoms with Gasteiger partial charge in [-0.25, -0.2) is 4.98 Å². The number of carbonyl (C=O) groups is 2. The summed E-state index contributed by atoms with van der Waals surface area (Å²) in [6.07, 6.45) is 2.72. The Bertz CT molecular complexity index is 1770. The first-order chi connectivity index (χ1) is 21.3. The monoisotopic (exact) mass is 598 g/mol. The Hall–Kier alpha value is -5.15. The van der Waals surface area contributed by atoms with Crippen LogP contribution in [0.5, 0.6) is 5.75 Å². The second kappa shape index (κ2) is 12.2. The number of likely N-dealkylation sites (N-methyl/N-ethyl adjacent to an activating group) is 2. The van der Waals surface area contributed by atoms with Gasteiger partial charge in [-0.05, 0) is 49.8 Å². The van der Waals surface area contributed by atoms with Crippen LogP contribution in [0.2, 0.25) is 0 Å². The number of piperazine rings is 1. The van der Waals surface area contributed by atoms with Crippen LogP contribution in [-0.2, 0) is 11.3 Å².